The van der Waals surface area contributed by atoms with Crippen molar-refractivity contribution in [3.63, 3.8) is 0 Å². The van der Waals surface area contributed by atoms with Gasteiger partial charge >= 0.3 is 6.03 Å². The maximum absolute atomic E-state index is 14.1. The lowest BCUT2D eigenvalue weighted by Gasteiger charge is -2.35. The molecule has 2 heterocycles. The summed E-state index contributed by atoms with van der Waals surface area (Å²) in [7, 11) is 0. The molecule has 6 nitrogen and oxygen atoms in total. The Morgan fingerprint density at radius 2 is 1.74 bits per heavy atom. The Kier molecular flexibility index (Phi) is 5.68. The zero-order chi connectivity index (χ0) is 24.7. The molecule has 176 valence electrons. The molecule has 0 fully saturated rings. The van der Waals surface area contributed by atoms with Crippen LogP contribution in [0.4, 0.5) is 14.9 Å². The molecule has 1 atom stereocenters. The van der Waals surface area contributed by atoms with E-state index in [4.69, 9.17) is 4.52 Å². The number of nitrogens with zero attached hydrogens (tertiary/aromatic N) is 3. The van der Waals surface area contributed by atoms with Crippen LogP contribution in [0.25, 0.3) is 17.0 Å². The molecule has 0 radical (unpaired) electrons. The molecule has 1 aromatic heterocycles. The number of hydrogen-bond acceptors (Lipinski definition) is 4. The van der Waals surface area contributed by atoms with Gasteiger partial charge in [-0.15, -0.1) is 0 Å². The molecule has 0 aliphatic carbocycles. The molecule has 1 aliphatic heterocycles. The van der Waals surface area contributed by atoms with E-state index in [-0.39, 0.29) is 11.9 Å². The lowest BCUT2D eigenvalue weighted by Crippen LogP contribution is -2.46. The molecular formula is C28H25FN4O2. The zero-order valence-electron chi connectivity index (χ0n) is 20.0. The van der Waals surface area contributed by atoms with Crippen LogP contribution in [0.2, 0.25) is 0 Å². The van der Waals surface area contributed by atoms with E-state index in [2.05, 4.69) is 15.5 Å². The summed E-state index contributed by atoms with van der Waals surface area (Å²) in [4.78, 5) is 19.6. The standard InChI is InChI=1S/C28H25FN4O2/c1-16-7-5-9-21(13-16)26-31-27(35-32-26)24-19(4)33(23-12-11-17(2)18(3)14-23)28(34)30-25(24)20-8-6-10-22(29)15-20/h5-15,25H,1-4H3,(H,30,34). The summed E-state index contributed by atoms with van der Waals surface area (Å²) >= 11 is 0. The van der Waals surface area contributed by atoms with Crippen molar-refractivity contribution >= 4 is 17.3 Å². The second-order valence-corrected chi connectivity index (χ2v) is 8.83. The van der Waals surface area contributed by atoms with E-state index in [1.807, 2.05) is 70.2 Å². The number of urea groups is 1. The molecule has 0 saturated heterocycles. The number of rotatable bonds is 4. The third kappa shape index (κ3) is 4.21. The monoisotopic (exact) mass is 468 g/mol. The van der Waals surface area contributed by atoms with Crippen LogP contribution in [0, 0.1) is 26.6 Å². The van der Waals surface area contributed by atoms with Gasteiger partial charge in [0.05, 0.1) is 17.3 Å². The van der Waals surface area contributed by atoms with Crippen LogP contribution in [0.5, 0.6) is 0 Å². The smallest absolute Gasteiger partial charge is 0.326 e. The minimum absolute atomic E-state index is 0.266. The average Bonchev–Trinajstić information content (AvgIpc) is 3.31. The Morgan fingerprint density at radius 1 is 0.943 bits per heavy atom. The van der Waals surface area contributed by atoms with Gasteiger partial charge in [-0.3, -0.25) is 4.90 Å². The van der Waals surface area contributed by atoms with Gasteiger partial charge in [0.25, 0.3) is 5.89 Å². The van der Waals surface area contributed by atoms with E-state index in [0.717, 1.165) is 27.9 Å². The van der Waals surface area contributed by atoms with E-state index in [1.165, 1.54) is 12.1 Å². The minimum Gasteiger partial charge on any atom is -0.334 e. The minimum atomic E-state index is -0.660. The van der Waals surface area contributed by atoms with Crippen molar-refractivity contribution in [2.24, 2.45) is 0 Å². The van der Waals surface area contributed by atoms with Crippen molar-refractivity contribution in [1.82, 2.24) is 15.5 Å². The van der Waals surface area contributed by atoms with Gasteiger partial charge in [-0.05, 0) is 74.7 Å². The quantitative estimate of drug-likeness (QED) is 0.371. The Hall–Kier alpha value is -4.26. The number of carbonyl (C=O) groups is 1. The largest absolute Gasteiger partial charge is 0.334 e. The molecule has 0 spiro atoms. The number of hydrogen-bond donors (Lipinski definition) is 1. The summed E-state index contributed by atoms with van der Waals surface area (Å²) in [6.07, 6.45) is 0. The number of nitrogens with one attached hydrogen (secondary N) is 1. The van der Waals surface area contributed by atoms with Crippen molar-refractivity contribution < 1.29 is 13.7 Å². The summed E-state index contributed by atoms with van der Waals surface area (Å²) in [6, 6.07) is 18.8. The van der Waals surface area contributed by atoms with E-state index in [1.54, 1.807) is 17.0 Å². The van der Waals surface area contributed by atoms with Gasteiger partial charge in [0, 0.05) is 11.3 Å². The Labute approximate surface area is 203 Å². The number of amides is 2. The molecule has 1 aliphatic rings. The van der Waals surface area contributed by atoms with Gasteiger partial charge in [-0.25, -0.2) is 9.18 Å². The first-order valence-corrected chi connectivity index (χ1v) is 11.4. The number of carbonyl (C=O) groups excluding carboxylic acids is 1. The molecule has 4 aromatic rings. The number of benzene rings is 3. The maximum Gasteiger partial charge on any atom is 0.326 e. The van der Waals surface area contributed by atoms with Crippen LogP contribution in [-0.4, -0.2) is 16.2 Å². The van der Waals surface area contributed by atoms with Gasteiger partial charge < -0.3 is 9.84 Å². The van der Waals surface area contributed by atoms with E-state index in [9.17, 15) is 9.18 Å². The first-order chi connectivity index (χ1) is 16.8. The fourth-order valence-electron chi connectivity index (χ4n) is 4.37. The summed E-state index contributed by atoms with van der Waals surface area (Å²) in [5.74, 6) is 0.315. The van der Waals surface area contributed by atoms with E-state index < -0.39 is 11.9 Å². The van der Waals surface area contributed by atoms with Crippen molar-refractivity contribution in [2.45, 2.75) is 33.7 Å². The molecule has 7 heteroatoms. The van der Waals surface area contributed by atoms with Crippen LogP contribution < -0.4 is 10.2 Å². The predicted octanol–water partition coefficient (Wildman–Crippen LogP) is 6.50. The third-order valence-corrected chi connectivity index (χ3v) is 6.35. The molecule has 5 rings (SSSR count). The lowest BCUT2D eigenvalue weighted by atomic mass is 9.94. The van der Waals surface area contributed by atoms with E-state index >= 15 is 0 Å². The topological polar surface area (TPSA) is 71.3 Å². The summed E-state index contributed by atoms with van der Waals surface area (Å²) in [6.45, 7) is 7.86. The predicted molar refractivity (Wildman–Crippen MR) is 133 cm³/mol. The van der Waals surface area contributed by atoms with Gasteiger partial charge in [0.2, 0.25) is 5.82 Å². The summed E-state index contributed by atoms with van der Waals surface area (Å²) in [5.41, 5.74) is 6.64. The average molecular weight is 469 g/mol. The highest BCUT2D eigenvalue weighted by Crippen LogP contribution is 2.39. The fraction of sp³-hybridized carbons (Fsp3) is 0.179. The summed E-state index contributed by atoms with van der Waals surface area (Å²) < 4.78 is 19.9. The maximum atomic E-state index is 14.1. The highest BCUT2D eigenvalue weighted by molar-refractivity contribution is 6.01. The van der Waals surface area contributed by atoms with Crippen molar-refractivity contribution in [2.75, 3.05) is 4.90 Å². The number of allylic oxidation sites excluding steroid dienone is 1. The second-order valence-electron chi connectivity index (χ2n) is 8.83. The van der Waals surface area contributed by atoms with Crippen LogP contribution in [0.1, 0.15) is 41.1 Å². The fourth-order valence-corrected chi connectivity index (χ4v) is 4.37. The van der Waals surface area contributed by atoms with Gasteiger partial charge in [0.1, 0.15) is 5.82 Å². The Morgan fingerprint density at radius 3 is 2.49 bits per heavy atom. The second kappa shape index (κ2) is 8.83. The normalized spacial score (nSPS) is 16.0. The SMILES string of the molecule is CC1=C(c2nc(-c3cccc(C)c3)no2)C(c2cccc(F)c2)NC(=O)N1c1ccc(C)c(C)c1. The Bertz CT molecular complexity index is 1470. The lowest BCUT2D eigenvalue weighted by molar-refractivity contribution is 0.244. The third-order valence-electron chi connectivity index (χ3n) is 6.35. The molecule has 35 heavy (non-hydrogen) atoms. The molecule has 0 bridgehead atoms. The number of halogens is 1. The number of aryl methyl sites for hydroxylation is 3. The van der Waals surface area contributed by atoms with Crippen molar-refractivity contribution in [3.8, 4) is 11.4 Å². The number of anilines is 1. The van der Waals surface area contributed by atoms with Gasteiger partial charge in [-0.2, -0.15) is 4.98 Å². The first kappa shape index (κ1) is 22.5. The van der Waals surface area contributed by atoms with Crippen LogP contribution in [0.3, 0.4) is 0 Å². The van der Waals surface area contributed by atoms with Crippen LogP contribution in [-0.2, 0) is 0 Å². The molecule has 0 saturated carbocycles. The van der Waals surface area contributed by atoms with Gasteiger partial charge in [0.15, 0.2) is 0 Å². The first-order valence-electron chi connectivity index (χ1n) is 11.4. The Balaban J connectivity index is 1.67. The number of aromatic nitrogens is 2. The molecule has 3 aromatic carbocycles. The van der Waals surface area contributed by atoms with Crippen LogP contribution >= 0.6 is 0 Å². The van der Waals surface area contributed by atoms with E-state index in [0.29, 0.717) is 22.7 Å². The molecule has 2 amide bonds. The molecule has 1 unspecified atom stereocenters. The highest BCUT2D eigenvalue weighted by atomic mass is 19.1. The van der Waals surface area contributed by atoms with Crippen molar-refractivity contribution in [1.29, 1.82) is 0 Å². The van der Waals surface area contributed by atoms with Crippen molar-refractivity contribution in [3.05, 3.63) is 106 Å². The van der Waals surface area contributed by atoms with Crippen LogP contribution in [0.15, 0.2) is 77.0 Å². The summed E-state index contributed by atoms with van der Waals surface area (Å²) in [5, 5.41) is 7.21. The van der Waals surface area contributed by atoms with Gasteiger partial charge in [-0.1, -0.05) is 47.1 Å². The molecular weight excluding hydrogens is 443 g/mol. The molecule has 1 N–H and O–H groups in total. The highest BCUT2D eigenvalue weighted by Gasteiger charge is 2.36. The zero-order valence-corrected chi connectivity index (χ0v) is 20.0.